The second-order valence-corrected chi connectivity index (χ2v) is 5.81. The van der Waals surface area contributed by atoms with E-state index in [4.69, 9.17) is 4.74 Å². The molecule has 136 valence electrons. The predicted molar refractivity (Wildman–Crippen MR) is 98.6 cm³/mol. The fraction of sp³-hybridized carbons (Fsp3) is 0.238. The molecule has 0 aromatic heterocycles. The van der Waals surface area contributed by atoms with Gasteiger partial charge in [0.05, 0.1) is 6.04 Å². The molecule has 1 N–H and O–H groups in total. The Morgan fingerprint density at radius 3 is 2.46 bits per heavy atom. The highest BCUT2D eigenvalue weighted by Crippen LogP contribution is 2.17. The lowest BCUT2D eigenvalue weighted by Gasteiger charge is -2.18. The molecule has 0 aliphatic carbocycles. The molecule has 2 aromatic carbocycles. The number of nitrogens with one attached hydrogen (secondary N) is 1. The molecule has 0 aliphatic heterocycles. The van der Waals surface area contributed by atoms with E-state index in [1.807, 2.05) is 37.3 Å². The first-order chi connectivity index (χ1) is 12.6. The third-order valence-electron chi connectivity index (χ3n) is 3.74. The van der Waals surface area contributed by atoms with Gasteiger partial charge in [-0.05, 0) is 35.8 Å². The monoisotopic (exact) mass is 355 g/mol. The number of benzene rings is 2. The molecule has 0 heterocycles. The number of hydrogen-bond donors (Lipinski definition) is 1. The maximum atomic E-state index is 12.8. The van der Waals surface area contributed by atoms with E-state index in [0.29, 0.717) is 5.56 Å². The Morgan fingerprint density at radius 2 is 1.81 bits per heavy atom. The van der Waals surface area contributed by atoms with Crippen LogP contribution in [0.5, 0.6) is 0 Å². The second kappa shape index (κ2) is 10.1. The third-order valence-corrected chi connectivity index (χ3v) is 3.74. The van der Waals surface area contributed by atoms with Crippen molar-refractivity contribution in [3.05, 3.63) is 77.6 Å². The van der Waals surface area contributed by atoms with Crippen molar-refractivity contribution in [1.82, 2.24) is 5.32 Å². The SMILES string of the molecule is CCC[C@@H](NC(=O)COC(=O)/C=C/c1ccc(F)cc1)c1ccccc1. The first-order valence-corrected chi connectivity index (χ1v) is 8.53. The number of hydrogen-bond acceptors (Lipinski definition) is 3. The second-order valence-electron chi connectivity index (χ2n) is 5.81. The van der Waals surface area contributed by atoms with Crippen LogP contribution in [0.2, 0.25) is 0 Å². The number of carbonyl (C=O) groups is 2. The van der Waals surface area contributed by atoms with Crippen molar-refractivity contribution in [2.45, 2.75) is 25.8 Å². The van der Waals surface area contributed by atoms with Crippen molar-refractivity contribution in [3.8, 4) is 0 Å². The molecule has 0 radical (unpaired) electrons. The Hall–Kier alpha value is -2.95. The van der Waals surface area contributed by atoms with Crippen LogP contribution in [-0.2, 0) is 14.3 Å². The molecule has 2 rings (SSSR count). The molecule has 1 atom stereocenters. The number of halogens is 1. The molecule has 0 saturated carbocycles. The van der Waals surface area contributed by atoms with Crippen LogP contribution in [0.3, 0.4) is 0 Å². The quantitative estimate of drug-likeness (QED) is 0.574. The zero-order valence-corrected chi connectivity index (χ0v) is 14.7. The number of rotatable bonds is 8. The van der Waals surface area contributed by atoms with E-state index in [1.54, 1.807) is 12.1 Å². The molecule has 0 spiro atoms. The Bertz CT molecular complexity index is 742. The summed E-state index contributed by atoms with van der Waals surface area (Å²) in [5.41, 5.74) is 1.69. The van der Waals surface area contributed by atoms with Crippen LogP contribution in [0.4, 0.5) is 4.39 Å². The van der Waals surface area contributed by atoms with Crippen LogP contribution in [-0.4, -0.2) is 18.5 Å². The van der Waals surface area contributed by atoms with E-state index in [1.165, 1.54) is 24.3 Å². The van der Waals surface area contributed by atoms with Gasteiger partial charge in [-0.25, -0.2) is 9.18 Å². The zero-order valence-electron chi connectivity index (χ0n) is 14.7. The molecule has 5 heteroatoms. The summed E-state index contributed by atoms with van der Waals surface area (Å²) in [5, 5.41) is 2.89. The van der Waals surface area contributed by atoms with Gasteiger partial charge in [-0.2, -0.15) is 0 Å². The molecule has 0 saturated heterocycles. The van der Waals surface area contributed by atoms with Crippen LogP contribution < -0.4 is 5.32 Å². The van der Waals surface area contributed by atoms with E-state index < -0.39 is 5.97 Å². The average Bonchev–Trinajstić information content (AvgIpc) is 2.66. The highest BCUT2D eigenvalue weighted by molar-refractivity contribution is 5.89. The van der Waals surface area contributed by atoms with Gasteiger partial charge in [0, 0.05) is 6.08 Å². The van der Waals surface area contributed by atoms with Crippen molar-refractivity contribution in [3.63, 3.8) is 0 Å². The van der Waals surface area contributed by atoms with E-state index in [2.05, 4.69) is 5.32 Å². The van der Waals surface area contributed by atoms with Gasteiger partial charge < -0.3 is 10.1 Å². The fourth-order valence-corrected chi connectivity index (χ4v) is 2.46. The lowest BCUT2D eigenvalue weighted by molar-refractivity contribution is -0.144. The highest BCUT2D eigenvalue weighted by atomic mass is 19.1. The van der Waals surface area contributed by atoms with Gasteiger partial charge in [-0.3, -0.25) is 4.79 Å². The Balaban J connectivity index is 1.83. The van der Waals surface area contributed by atoms with Gasteiger partial charge in [-0.1, -0.05) is 55.8 Å². The van der Waals surface area contributed by atoms with Crippen molar-refractivity contribution in [2.24, 2.45) is 0 Å². The van der Waals surface area contributed by atoms with Gasteiger partial charge in [0.15, 0.2) is 6.61 Å². The minimum Gasteiger partial charge on any atom is -0.452 e. The Labute approximate surface area is 152 Å². The van der Waals surface area contributed by atoms with E-state index in [0.717, 1.165) is 18.4 Å². The molecule has 2 aromatic rings. The molecule has 4 nitrogen and oxygen atoms in total. The lowest BCUT2D eigenvalue weighted by Crippen LogP contribution is -2.32. The molecule has 0 unspecified atom stereocenters. The molecular weight excluding hydrogens is 333 g/mol. The average molecular weight is 355 g/mol. The number of esters is 1. The maximum Gasteiger partial charge on any atom is 0.331 e. The fourth-order valence-electron chi connectivity index (χ4n) is 2.46. The minimum atomic E-state index is -0.628. The van der Waals surface area contributed by atoms with Crippen molar-refractivity contribution >= 4 is 18.0 Å². The summed E-state index contributed by atoms with van der Waals surface area (Å²) >= 11 is 0. The topological polar surface area (TPSA) is 55.4 Å². The summed E-state index contributed by atoms with van der Waals surface area (Å²) in [6.07, 6.45) is 4.43. The number of carbonyl (C=O) groups excluding carboxylic acids is 2. The van der Waals surface area contributed by atoms with Gasteiger partial charge in [-0.15, -0.1) is 0 Å². The molecular formula is C21H22FNO3. The molecule has 1 amide bonds. The first-order valence-electron chi connectivity index (χ1n) is 8.53. The normalized spacial score (nSPS) is 11.9. The van der Waals surface area contributed by atoms with Crippen LogP contribution in [0.25, 0.3) is 6.08 Å². The van der Waals surface area contributed by atoms with Crippen molar-refractivity contribution < 1.29 is 18.7 Å². The standard InChI is InChI=1S/C21H22FNO3/c1-2-6-19(17-7-4-3-5-8-17)23-20(24)15-26-21(25)14-11-16-9-12-18(22)13-10-16/h3-5,7-14,19H,2,6,15H2,1H3,(H,23,24)/b14-11+/t19-/m1/s1. The van der Waals surface area contributed by atoms with Crippen molar-refractivity contribution in [1.29, 1.82) is 0 Å². The molecule has 0 bridgehead atoms. The van der Waals surface area contributed by atoms with Gasteiger partial charge in [0.2, 0.25) is 0 Å². The Morgan fingerprint density at radius 1 is 1.12 bits per heavy atom. The zero-order chi connectivity index (χ0) is 18.8. The van der Waals surface area contributed by atoms with E-state index >= 15 is 0 Å². The van der Waals surface area contributed by atoms with Crippen LogP contribution in [0.1, 0.15) is 36.9 Å². The van der Waals surface area contributed by atoms with Crippen LogP contribution in [0, 0.1) is 5.82 Å². The molecule has 26 heavy (non-hydrogen) atoms. The van der Waals surface area contributed by atoms with Crippen molar-refractivity contribution in [2.75, 3.05) is 6.61 Å². The Kier molecular flexibility index (Phi) is 7.55. The van der Waals surface area contributed by atoms with Gasteiger partial charge >= 0.3 is 5.97 Å². The minimum absolute atomic E-state index is 0.109. The first kappa shape index (κ1) is 19.4. The smallest absolute Gasteiger partial charge is 0.331 e. The molecule has 0 fully saturated rings. The van der Waals surface area contributed by atoms with Gasteiger partial charge in [0.25, 0.3) is 5.91 Å². The molecule has 0 aliphatic rings. The summed E-state index contributed by atoms with van der Waals surface area (Å²) < 4.78 is 17.8. The lowest BCUT2D eigenvalue weighted by atomic mass is 10.0. The van der Waals surface area contributed by atoms with Gasteiger partial charge in [0.1, 0.15) is 5.82 Å². The highest BCUT2D eigenvalue weighted by Gasteiger charge is 2.14. The summed E-state index contributed by atoms with van der Waals surface area (Å²) in [7, 11) is 0. The summed E-state index contributed by atoms with van der Waals surface area (Å²) in [6, 6.07) is 15.3. The largest absolute Gasteiger partial charge is 0.452 e. The predicted octanol–water partition coefficient (Wildman–Crippen LogP) is 4.04. The van der Waals surface area contributed by atoms with E-state index in [-0.39, 0.29) is 24.4 Å². The maximum absolute atomic E-state index is 12.8. The van der Waals surface area contributed by atoms with Crippen LogP contribution in [0.15, 0.2) is 60.7 Å². The van der Waals surface area contributed by atoms with E-state index in [9.17, 15) is 14.0 Å². The number of amides is 1. The van der Waals surface area contributed by atoms with Crippen LogP contribution >= 0.6 is 0 Å². The summed E-state index contributed by atoms with van der Waals surface area (Å²) in [5.74, 6) is -1.33. The third kappa shape index (κ3) is 6.51. The number of ether oxygens (including phenoxy) is 1. The summed E-state index contributed by atoms with van der Waals surface area (Å²) in [4.78, 5) is 23.8. The summed E-state index contributed by atoms with van der Waals surface area (Å²) in [6.45, 7) is 1.70.